The summed E-state index contributed by atoms with van der Waals surface area (Å²) in [5.74, 6) is 0.681. The van der Waals surface area contributed by atoms with Crippen LogP contribution in [0.3, 0.4) is 0 Å². The molecule has 136 valence electrons. The van der Waals surface area contributed by atoms with Gasteiger partial charge in [0.25, 0.3) is 0 Å². The molecular weight excluding hydrogens is 375 g/mol. The van der Waals surface area contributed by atoms with E-state index in [2.05, 4.69) is 6.92 Å². The van der Waals surface area contributed by atoms with E-state index in [1.54, 1.807) is 12.1 Å². The summed E-state index contributed by atoms with van der Waals surface area (Å²) in [6, 6.07) is 13.5. The van der Waals surface area contributed by atoms with Gasteiger partial charge in [0.15, 0.2) is 0 Å². The van der Waals surface area contributed by atoms with E-state index in [0.717, 1.165) is 18.4 Å². The van der Waals surface area contributed by atoms with Crippen LogP contribution in [0.2, 0.25) is 0 Å². The molecule has 26 heavy (non-hydrogen) atoms. The van der Waals surface area contributed by atoms with Gasteiger partial charge in [0, 0.05) is 0 Å². The fourth-order valence-corrected chi connectivity index (χ4v) is 3.37. The maximum Gasteiger partial charge on any atom is 1.00 e. The second-order valence-corrected chi connectivity index (χ2v) is 7.48. The first-order valence-corrected chi connectivity index (χ1v) is 10.2. The normalized spacial score (nSPS) is 11.0. The van der Waals surface area contributed by atoms with Crippen LogP contribution in [0.1, 0.15) is 51.0 Å². The predicted molar refractivity (Wildman–Crippen MR) is 98.0 cm³/mol. The molecule has 0 atom stereocenters. The van der Waals surface area contributed by atoms with E-state index in [0.29, 0.717) is 5.75 Å². The number of rotatable bonds is 10. The summed E-state index contributed by atoms with van der Waals surface area (Å²) in [6.07, 6.45) is 8.11. The number of benzene rings is 2. The van der Waals surface area contributed by atoms with Crippen molar-refractivity contribution in [2.24, 2.45) is 0 Å². The van der Waals surface area contributed by atoms with Gasteiger partial charge >= 0.3 is 51.4 Å². The van der Waals surface area contributed by atoms with E-state index in [4.69, 9.17) is 4.74 Å². The molecule has 0 spiro atoms. The summed E-state index contributed by atoms with van der Waals surface area (Å²) < 4.78 is 40.0. The van der Waals surface area contributed by atoms with Crippen molar-refractivity contribution >= 4 is 10.1 Å². The van der Waals surface area contributed by atoms with E-state index in [1.807, 2.05) is 18.2 Å². The van der Waals surface area contributed by atoms with Crippen LogP contribution in [0, 0.1) is 0 Å². The number of aryl methyl sites for hydroxylation is 1. The van der Waals surface area contributed by atoms with E-state index < -0.39 is 10.1 Å². The first-order valence-electron chi connectivity index (χ1n) is 8.83. The Morgan fingerprint density at radius 1 is 0.846 bits per heavy atom. The second-order valence-electron chi connectivity index (χ2n) is 6.13. The maximum atomic E-state index is 11.4. The Morgan fingerprint density at radius 3 is 2.12 bits per heavy atom. The van der Waals surface area contributed by atoms with E-state index in [-0.39, 0.29) is 62.0 Å². The molecule has 0 aliphatic rings. The zero-order valence-corrected chi connectivity index (χ0v) is 19.5. The molecule has 0 saturated carbocycles. The maximum absolute atomic E-state index is 11.4. The molecule has 0 saturated heterocycles. The van der Waals surface area contributed by atoms with Gasteiger partial charge in [0.05, 0.1) is 4.90 Å². The molecular formula is C20H25KO4S. The van der Waals surface area contributed by atoms with Crippen LogP contribution in [0.5, 0.6) is 11.5 Å². The molecule has 2 rings (SSSR count). The van der Waals surface area contributed by atoms with Crippen LogP contribution in [0.15, 0.2) is 53.4 Å². The Morgan fingerprint density at radius 2 is 1.42 bits per heavy atom. The minimum atomic E-state index is -4.57. The van der Waals surface area contributed by atoms with E-state index in [1.165, 1.54) is 50.3 Å². The predicted octanol–water partition coefficient (Wildman–Crippen LogP) is 2.29. The average Bonchev–Trinajstić information content (AvgIpc) is 2.59. The van der Waals surface area contributed by atoms with Gasteiger partial charge in [0.1, 0.15) is 21.6 Å². The molecule has 0 amide bonds. The van der Waals surface area contributed by atoms with Crippen LogP contribution in [-0.4, -0.2) is 13.0 Å². The first kappa shape index (κ1) is 23.8. The van der Waals surface area contributed by atoms with Crippen molar-refractivity contribution in [3.8, 4) is 11.5 Å². The number of hydrogen-bond donors (Lipinski definition) is 0. The Labute approximate surface area is 199 Å². The summed E-state index contributed by atoms with van der Waals surface area (Å²) in [4.78, 5) is -0.329. The van der Waals surface area contributed by atoms with Crippen molar-refractivity contribution in [1.29, 1.82) is 0 Å². The zero-order valence-electron chi connectivity index (χ0n) is 15.6. The molecule has 0 bridgehead atoms. The van der Waals surface area contributed by atoms with Gasteiger partial charge in [-0.2, -0.15) is 0 Å². The SMILES string of the molecule is CCCCCCCCc1ccccc1Oc1ccccc1S(=O)(=O)[O-].[K+]. The van der Waals surface area contributed by atoms with Crippen molar-refractivity contribution in [2.45, 2.75) is 56.8 Å². The molecule has 0 aliphatic carbocycles. The minimum absolute atomic E-state index is 0. The number of para-hydroxylation sites is 2. The van der Waals surface area contributed by atoms with Gasteiger partial charge < -0.3 is 9.29 Å². The van der Waals surface area contributed by atoms with E-state index >= 15 is 0 Å². The van der Waals surface area contributed by atoms with Crippen LogP contribution < -0.4 is 56.1 Å². The molecule has 0 heterocycles. The fourth-order valence-electron chi connectivity index (χ4n) is 2.77. The molecule has 0 radical (unpaired) electrons. The second kappa shape index (κ2) is 12.3. The molecule has 0 aliphatic heterocycles. The Balaban J connectivity index is 0.00000338. The molecule has 0 N–H and O–H groups in total. The molecule has 0 fully saturated rings. The minimum Gasteiger partial charge on any atom is -0.744 e. The summed E-state index contributed by atoms with van der Waals surface area (Å²) in [7, 11) is -4.57. The Hall–Kier alpha value is -0.214. The molecule has 2 aromatic carbocycles. The number of ether oxygens (including phenoxy) is 1. The molecule has 2 aromatic rings. The largest absolute Gasteiger partial charge is 1.00 e. The van der Waals surface area contributed by atoms with Crippen LogP contribution >= 0.6 is 0 Å². The van der Waals surface area contributed by atoms with Gasteiger partial charge in [0.2, 0.25) is 0 Å². The molecule has 6 heteroatoms. The molecule has 0 aromatic heterocycles. The van der Waals surface area contributed by atoms with Gasteiger partial charge in [-0.3, -0.25) is 0 Å². The smallest absolute Gasteiger partial charge is 0.744 e. The van der Waals surface area contributed by atoms with Gasteiger partial charge in [-0.1, -0.05) is 69.4 Å². The molecule has 4 nitrogen and oxygen atoms in total. The molecule has 0 unspecified atom stereocenters. The topological polar surface area (TPSA) is 66.4 Å². The quantitative estimate of drug-likeness (QED) is 0.349. The van der Waals surface area contributed by atoms with Crippen molar-refractivity contribution in [3.63, 3.8) is 0 Å². The number of hydrogen-bond acceptors (Lipinski definition) is 4. The third-order valence-corrected chi connectivity index (χ3v) is 4.99. The van der Waals surface area contributed by atoms with Crippen LogP contribution in [0.25, 0.3) is 0 Å². The van der Waals surface area contributed by atoms with Crippen molar-refractivity contribution in [3.05, 3.63) is 54.1 Å². The first-order chi connectivity index (χ1) is 12.0. The van der Waals surface area contributed by atoms with Crippen LogP contribution in [0.4, 0.5) is 0 Å². The zero-order chi connectivity index (χ0) is 18.1. The average molecular weight is 401 g/mol. The summed E-state index contributed by atoms with van der Waals surface area (Å²) in [5, 5.41) is 0. The third kappa shape index (κ3) is 7.80. The summed E-state index contributed by atoms with van der Waals surface area (Å²) in [5.41, 5.74) is 1.02. The Bertz CT molecular complexity index is 775. The van der Waals surface area contributed by atoms with Gasteiger partial charge in [-0.25, -0.2) is 8.42 Å². The van der Waals surface area contributed by atoms with Crippen molar-refractivity contribution in [2.75, 3.05) is 0 Å². The third-order valence-electron chi connectivity index (χ3n) is 4.11. The van der Waals surface area contributed by atoms with Gasteiger partial charge in [-0.15, -0.1) is 0 Å². The summed E-state index contributed by atoms with van der Waals surface area (Å²) >= 11 is 0. The van der Waals surface area contributed by atoms with E-state index in [9.17, 15) is 13.0 Å². The van der Waals surface area contributed by atoms with Crippen LogP contribution in [-0.2, 0) is 16.5 Å². The fraction of sp³-hybridized carbons (Fsp3) is 0.400. The van der Waals surface area contributed by atoms with Crippen molar-refractivity contribution < 1.29 is 69.1 Å². The van der Waals surface area contributed by atoms with Crippen molar-refractivity contribution in [1.82, 2.24) is 0 Å². The monoisotopic (exact) mass is 400 g/mol. The number of unbranched alkanes of at least 4 members (excludes halogenated alkanes) is 5. The van der Waals surface area contributed by atoms with Gasteiger partial charge in [-0.05, 0) is 36.6 Å². The standard InChI is InChI=1S/C20H26O4S.K/c1-2-3-4-5-6-7-12-17-13-8-9-14-18(17)24-19-15-10-11-16-20(19)25(21,22)23;/h8-11,13-16H,2-7,12H2,1H3,(H,21,22,23);/q;+1/p-1. The summed E-state index contributed by atoms with van der Waals surface area (Å²) in [6.45, 7) is 2.20. The Kier molecular flexibility index (Phi) is 11.3.